The van der Waals surface area contributed by atoms with Crippen LogP contribution in [0, 0.1) is 5.92 Å². The molecule has 2 atom stereocenters. The van der Waals surface area contributed by atoms with Crippen LogP contribution in [0.3, 0.4) is 0 Å². The first kappa shape index (κ1) is 11.9. The Balaban J connectivity index is 2.10. The van der Waals surface area contributed by atoms with Crippen molar-refractivity contribution in [3.63, 3.8) is 0 Å². The van der Waals surface area contributed by atoms with E-state index in [2.05, 4.69) is 17.1 Å². The van der Waals surface area contributed by atoms with E-state index in [1.54, 1.807) is 6.07 Å². The molecule has 94 valence electrons. The van der Waals surface area contributed by atoms with Crippen molar-refractivity contribution in [2.75, 3.05) is 5.73 Å². The van der Waals surface area contributed by atoms with Crippen LogP contribution in [-0.2, 0) is 0 Å². The van der Waals surface area contributed by atoms with E-state index in [1.165, 1.54) is 6.42 Å². The van der Waals surface area contributed by atoms with E-state index in [9.17, 15) is 0 Å². The molecule has 2 aromatic rings. The summed E-state index contributed by atoms with van der Waals surface area (Å²) < 4.78 is 0. The predicted octanol–water partition coefficient (Wildman–Crippen LogP) is 4.09. The molecule has 18 heavy (non-hydrogen) atoms. The van der Waals surface area contributed by atoms with Gasteiger partial charge in [-0.25, -0.2) is 0 Å². The van der Waals surface area contributed by atoms with Gasteiger partial charge < -0.3 is 5.73 Å². The van der Waals surface area contributed by atoms with Gasteiger partial charge in [-0.1, -0.05) is 36.2 Å². The number of nitrogens with two attached hydrogens (primary N) is 1. The number of benzene rings is 1. The topological polar surface area (TPSA) is 54.7 Å². The van der Waals surface area contributed by atoms with E-state index < -0.39 is 0 Å². The molecule has 1 aliphatic carbocycles. The van der Waals surface area contributed by atoms with Gasteiger partial charge in [-0.15, -0.1) is 0 Å². The second-order valence-corrected chi connectivity index (χ2v) is 5.66. The Morgan fingerprint density at radius 2 is 2.06 bits per heavy atom. The maximum atomic E-state index is 6.06. The van der Waals surface area contributed by atoms with E-state index in [0.717, 1.165) is 16.8 Å². The van der Waals surface area contributed by atoms with Crippen molar-refractivity contribution in [1.29, 1.82) is 0 Å². The molecule has 0 saturated heterocycles. The summed E-state index contributed by atoms with van der Waals surface area (Å²) in [5, 5.41) is 8.24. The highest BCUT2D eigenvalue weighted by atomic mass is 35.5. The lowest BCUT2D eigenvalue weighted by atomic mass is 10.0. The first-order valence-corrected chi connectivity index (χ1v) is 6.62. The second kappa shape index (κ2) is 4.18. The molecule has 0 spiro atoms. The summed E-state index contributed by atoms with van der Waals surface area (Å²) in [6.45, 7) is 2.22. The van der Waals surface area contributed by atoms with Crippen LogP contribution in [0.15, 0.2) is 18.2 Å². The van der Waals surface area contributed by atoms with Gasteiger partial charge in [-0.2, -0.15) is 5.10 Å². The number of hydrogen-bond acceptors (Lipinski definition) is 2. The lowest BCUT2D eigenvalue weighted by molar-refractivity contribution is 0.873. The number of hydrogen-bond donors (Lipinski definition) is 2. The smallest absolute Gasteiger partial charge is 0.153 e. The zero-order chi connectivity index (χ0) is 12.9. The van der Waals surface area contributed by atoms with Crippen molar-refractivity contribution in [3.8, 4) is 11.1 Å². The average Bonchev–Trinajstić information content (AvgIpc) is 2.92. The fraction of sp³-hybridized carbons (Fsp3) is 0.308. The number of aromatic amines is 1. The minimum atomic E-state index is 0.516. The number of nitrogens with zero attached hydrogens (tertiary/aromatic N) is 1. The predicted molar refractivity (Wildman–Crippen MR) is 75.0 cm³/mol. The molecule has 0 bridgehead atoms. The summed E-state index contributed by atoms with van der Waals surface area (Å²) >= 11 is 12.0. The fourth-order valence-electron chi connectivity index (χ4n) is 2.32. The van der Waals surface area contributed by atoms with Gasteiger partial charge in [0.2, 0.25) is 0 Å². The molecule has 1 aromatic carbocycles. The number of H-pyrrole nitrogens is 1. The van der Waals surface area contributed by atoms with Crippen molar-refractivity contribution in [2.24, 2.45) is 5.92 Å². The molecule has 1 fully saturated rings. The van der Waals surface area contributed by atoms with Crippen LogP contribution < -0.4 is 5.73 Å². The number of nitrogen functional groups attached to an aromatic ring is 1. The van der Waals surface area contributed by atoms with Gasteiger partial charge in [-0.05, 0) is 30.0 Å². The molecule has 1 aromatic heterocycles. The summed E-state index contributed by atoms with van der Waals surface area (Å²) in [5.74, 6) is 1.73. The quantitative estimate of drug-likeness (QED) is 0.871. The normalized spacial score (nSPS) is 22.2. The van der Waals surface area contributed by atoms with Crippen LogP contribution in [-0.4, -0.2) is 10.2 Å². The Kier molecular flexibility index (Phi) is 2.76. The van der Waals surface area contributed by atoms with E-state index in [1.807, 2.05) is 12.1 Å². The summed E-state index contributed by atoms with van der Waals surface area (Å²) in [6.07, 6.45) is 1.18. The third-order valence-electron chi connectivity index (χ3n) is 3.51. The lowest BCUT2D eigenvalue weighted by Gasteiger charge is -2.05. The van der Waals surface area contributed by atoms with Crippen LogP contribution in [0.5, 0.6) is 0 Å². The molecule has 3 N–H and O–H groups in total. The summed E-state index contributed by atoms with van der Waals surface area (Å²) in [7, 11) is 0. The van der Waals surface area contributed by atoms with Crippen molar-refractivity contribution >= 4 is 29.0 Å². The summed E-state index contributed by atoms with van der Waals surface area (Å²) in [4.78, 5) is 0. The molecule has 0 aliphatic heterocycles. The molecule has 2 unspecified atom stereocenters. The maximum Gasteiger partial charge on any atom is 0.153 e. The van der Waals surface area contributed by atoms with E-state index in [4.69, 9.17) is 28.9 Å². The zero-order valence-electron chi connectivity index (χ0n) is 9.87. The Hall–Kier alpha value is -1.19. The van der Waals surface area contributed by atoms with Crippen LogP contribution in [0.4, 0.5) is 5.82 Å². The maximum absolute atomic E-state index is 6.06. The fourth-order valence-corrected chi connectivity index (χ4v) is 2.62. The minimum Gasteiger partial charge on any atom is -0.382 e. The number of rotatable bonds is 2. The molecule has 1 heterocycles. The van der Waals surface area contributed by atoms with Gasteiger partial charge in [0.15, 0.2) is 5.82 Å². The number of halogens is 2. The average molecular weight is 282 g/mol. The van der Waals surface area contributed by atoms with Crippen molar-refractivity contribution in [2.45, 2.75) is 19.3 Å². The minimum absolute atomic E-state index is 0.516. The molecule has 0 amide bonds. The van der Waals surface area contributed by atoms with Crippen LogP contribution >= 0.6 is 23.2 Å². The third-order valence-corrected chi connectivity index (χ3v) is 4.25. The molecular weight excluding hydrogens is 269 g/mol. The number of aromatic nitrogens is 2. The monoisotopic (exact) mass is 281 g/mol. The van der Waals surface area contributed by atoms with E-state index >= 15 is 0 Å². The molecule has 1 saturated carbocycles. The van der Waals surface area contributed by atoms with Crippen LogP contribution in [0.2, 0.25) is 10.0 Å². The third kappa shape index (κ3) is 1.88. The molecule has 5 heteroatoms. The second-order valence-electron chi connectivity index (χ2n) is 4.85. The molecule has 0 radical (unpaired) electrons. The molecule has 3 nitrogen and oxygen atoms in total. The van der Waals surface area contributed by atoms with Crippen molar-refractivity contribution < 1.29 is 0 Å². The highest BCUT2D eigenvalue weighted by Gasteiger charge is 2.38. The van der Waals surface area contributed by atoms with Gasteiger partial charge in [0.05, 0.1) is 10.0 Å². The molecule has 3 rings (SSSR count). The molecule has 1 aliphatic rings. The zero-order valence-corrected chi connectivity index (χ0v) is 11.4. The van der Waals surface area contributed by atoms with Crippen LogP contribution in [0.1, 0.15) is 25.0 Å². The van der Waals surface area contributed by atoms with Crippen molar-refractivity contribution in [3.05, 3.63) is 33.9 Å². The van der Waals surface area contributed by atoms with Gasteiger partial charge in [0, 0.05) is 17.2 Å². The standard InChI is InChI=1S/C13H13Cl2N3/c1-6-4-8(6)12-11(13(16)18-17-12)7-2-3-9(14)10(15)5-7/h2-3,5-6,8H,4H2,1H3,(H3,16,17,18). The van der Waals surface area contributed by atoms with Crippen LogP contribution in [0.25, 0.3) is 11.1 Å². The van der Waals surface area contributed by atoms with E-state index in [0.29, 0.717) is 27.7 Å². The Labute approximate surface area is 115 Å². The highest BCUT2D eigenvalue weighted by Crippen LogP contribution is 2.50. The highest BCUT2D eigenvalue weighted by molar-refractivity contribution is 6.42. The first-order valence-electron chi connectivity index (χ1n) is 5.87. The Morgan fingerprint density at radius 3 is 2.67 bits per heavy atom. The SMILES string of the molecule is CC1CC1c1[nH]nc(N)c1-c1ccc(Cl)c(Cl)c1. The number of anilines is 1. The van der Waals surface area contributed by atoms with Gasteiger partial charge >= 0.3 is 0 Å². The van der Waals surface area contributed by atoms with Gasteiger partial charge in [-0.3, -0.25) is 5.10 Å². The van der Waals surface area contributed by atoms with Crippen molar-refractivity contribution in [1.82, 2.24) is 10.2 Å². The van der Waals surface area contributed by atoms with Gasteiger partial charge in [0.1, 0.15) is 0 Å². The lowest BCUT2D eigenvalue weighted by Crippen LogP contribution is -1.90. The Morgan fingerprint density at radius 1 is 1.33 bits per heavy atom. The van der Waals surface area contributed by atoms with Gasteiger partial charge in [0.25, 0.3) is 0 Å². The Bertz CT molecular complexity index is 606. The largest absolute Gasteiger partial charge is 0.382 e. The molecular formula is C13H13Cl2N3. The summed E-state index contributed by atoms with van der Waals surface area (Å²) in [5.41, 5.74) is 8.99. The summed E-state index contributed by atoms with van der Waals surface area (Å²) in [6, 6.07) is 5.54. The van der Waals surface area contributed by atoms with E-state index in [-0.39, 0.29) is 0 Å². The number of nitrogens with one attached hydrogen (secondary N) is 1. The first-order chi connectivity index (χ1) is 8.58.